The molecular weight excluding hydrogens is 227 g/mol. The maximum Gasteiger partial charge on any atom is 0.141 e. The number of rotatable bonds is 3. The SMILES string of the molecule is CCCN1CCC(c2cccc(F)c2C#N)CC1. The van der Waals surface area contributed by atoms with Crippen LogP contribution in [0.5, 0.6) is 0 Å². The Morgan fingerprint density at radius 3 is 2.72 bits per heavy atom. The summed E-state index contributed by atoms with van der Waals surface area (Å²) in [5.74, 6) is -0.0468. The first-order chi connectivity index (χ1) is 8.76. The summed E-state index contributed by atoms with van der Waals surface area (Å²) in [5, 5.41) is 9.07. The van der Waals surface area contributed by atoms with Crippen molar-refractivity contribution in [2.75, 3.05) is 19.6 Å². The Hall–Kier alpha value is -1.40. The first kappa shape index (κ1) is 13.0. The van der Waals surface area contributed by atoms with Gasteiger partial charge < -0.3 is 4.90 Å². The van der Waals surface area contributed by atoms with Crippen LogP contribution in [-0.2, 0) is 0 Å². The Balaban J connectivity index is 2.10. The molecule has 1 heterocycles. The number of hydrogen-bond donors (Lipinski definition) is 0. The lowest BCUT2D eigenvalue weighted by molar-refractivity contribution is 0.212. The summed E-state index contributed by atoms with van der Waals surface area (Å²) < 4.78 is 13.6. The molecule has 0 aliphatic carbocycles. The van der Waals surface area contributed by atoms with Crippen LogP contribution in [0.3, 0.4) is 0 Å². The molecule has 0 bridgehead atoms. The molecule has 2 nitrogen and oxygen atoms in total. The van der Waals surface area contributed by atoms with Crippen molar-refractivity contribution >= 4 is 0 Å². The smallest absolute Gasteiger partial charge is 0.141 e. The lowest BCUT2D eigenvalue weighted by Gasteiger charge is -2.32. The van der Waals surface area contributed by atoms with Gasteiger partial charge in [-0.2, -0.15) is 5.26 Å². The highest BCUT2D eigenvalue weighted by atomic mass is 19.1. The maximum atomic E-state index is 13.6. The largest absolute Gasteiger partial charge is 0.303 e. The Kier molecular flexibility index (Phi) is 4.33. The molecule has 0 N–H and O–H groups in total. The summed E-state index contributed by atoms with van der Waals surface area (Å²) in [5.41, 5.74) is 1.14. The molecule has 0 atom stereocenters. The second kappa shape index (κ2) is 5.97. The third-order valence-corrected chi connectivity index (χ3v) is 3.72. The predicted octanol–water partition coefficient (Wildman–Crippen LogP) is 3.29. The molecule has 0 radical (unpaired) electrons. The van der Waals surface area contributed by atoms with Crippen LogP contribution < -0.4 is 0 Å². The molecule has 1 aliphatic heterocycles. The number of nitrogens with zero attached hydrogens (tertiary/aromatic N) is 2. The Morgan fingerprint density at radius 2 is 2.11 bits per heavy atom. The number of piperidine rings is 1. The molecule has 1 saturated heterocycles. The van der Waals surface area contributed by atoms with Crippen molar-refractivity contribution in [1.29, 1.82) is 5.26 Å². The summed E-state index contributed by atoms with van der Waals surface area (Å²) in [4.78, 5) is 2.45. The third-order valence-electron chi connectivity index (χ3n) is 3.72. The van der Waals surface area contributed by atoms with E-state index in [4.69, 9.17) is 5.26 Å². The van der Waals surface area contributed by atoms with Crippen LogP contribution in [0, 0.1) is 17.1 Å². The van der Waals surface area contributed by atoms with Crippen molar-refractivity contribution in [2.45, 2.75) is 32.1 Å². The minimum atomic E-state index is -0.383. The van der Waals surface area contributed by atoms with Crippen LogP contribution in [0.25, 0.3) is 0 Å². The van der Waals surface area contributed by atoms with Gasteiger partial charge in [0, 0.05) is 0 Å². The molecule has 3 heteroatoms. The van der Waals surface area contributed by atoms with Crippen LogP contribution in [0.2, 0.25) is 0 Å². The van der Waals surface area contributed by atoms with Gasteiger partial charge in [0.15, 0.2) is 0 Å². The summed E-state index contributed by atoms with van der Waals surface area (Å²) >= 11 is 0. The molecule has 0 amide bonds. The van der Waals surface area contributed by atoms with Crippen LogP contribution >= 0.6 is 0 Å². The summed E-state index contributed by atoms with van der Waals surface area (Å²) in [6.07, 6.45) is 3.23. The summed E-state index contributed by atoms with van der Waals surface area (Å²) in [6, 6.07) is 6.99. The van der Waals surface area contributed by atoms with Crippen LogP contribution in [0.15, 0.2) is 18.2 Å². The molecule has 1 aliphatic rings. The maximum absolute atomic E-state index is 13.6. The minimum absolute atomic E-state index is 0.242. The van der Waals surface area contributed by atoms with E-state index >= 15 is 0 Å². The molecule has 0 unspecified atom stereocenters. The molecule has 1 aromatic carbocycles. The number of benzene rings is 1. The number of nitriles is 1. The molecule has 18 heavy (non-hydrogen) atoms. The van der Waals surface area contributed by atoms with Crippen LogP contribution in [0.1, 0.15) is 43.2 Å². The van der Waals surface area contributed by atoms with Gasteiger partial charge in [-0.3, -0.25) is 0 Å². The second-order valence-corrected chi connectivity index (χ2v) is 4.93. The lowest BCUT2D eigenvalue weighted by Crippen LogP contribution is -2.33. The van der Waals surface area contributed by atoms with Gasteiger partial charge in [-0.25, -0.2) is 4.39 Å². The van der Waals surface area contributed by atoms with E-state index < -0.39 is 0 Å². The Labute approximate surface area is 108 Å². The molecule has 2 rings (SSSR count). The zero-order valence-electron chi connectivity index (χ0n) is 10.8. The Morgan fingerprint density at radius 1 is 1.39 bits per heavy atom. The van der Waals surface area contributed by atoms with Crippen molar-refractivity contribution in [3.05, 3.63) is 35.1 Å². The third kappa shape index (κ3) is 2.70. The van der Waals surface area contributed by atoms with Gasteiger partial charge in [0.2, 0.25) is 0 Å². The zero-order valence-corrected chi connectivity index (χ0v) is 10.8. The average molecular weight is 246 g/mol. The van der Waals surface area contributed by atoms with Crippen molar-refractivity contribution < 1.29 is 4.39 Å². The number of likely N-dealkylation sites (tertiary alicyclic amines) is 1. The van der Waals surface area contributed by atoms with Gasteiger partial charge in [0.1, 0.15) is 11.9 Å². The van der Waals surface area contributed by atoms with E-state index in [0.29, 0.717) is 5.92 Å². The molecule has 0 aromatic heterocycles. The highest BCUT2D eigenvalue weighted by Gasteiger charge is 2.23. The molecule has 1 fully saturated rings. The fourth-order valence-electron chi connectivity index (χ4n) is 2.78. The summed E-state index contributed by atoms with van der Waals surface area (Å²) in [7, 11) is 0. The highest BCUT2D eigenvalue weighted by Crippen LogP contribution is 2.31. The normalized spacial score (nSPS) is 17.6. The first-order valence-corrected chi connectivity index (χ1v) is 6.67. The first-order valence-electron chi connectivity index (χ1n) is 6.67. The Bertz CT molecular complexity index is 442. The summed E-state index contributed by atoms with van der Waals surface area (Å²) in [6.45, 7) is 5.44. The standard InChI is InChI=1S/C15H19FN2/c1-2-8-18-9-6-12(7-10-18)13-4-3-5-15(16)14(13)11-17/h3-5,12H,2,6-10H2,1H3. The van der Waals surface area contributed by atoms with E-state index in [-0.39, 0.29) is 11.4 Å². The van der Waals surface area contributed by atoms with E-state index in [0.717, 1.165) is 38.0 Å². The molecule has 0 spiro atoms. The minimum Gasteiger partial charge on any atom is -0.303 e. The van der Waals surface area contributed by atoms with Gasteiger partial charge in [0.25, 0.3) is 0 Å². The van der Waals surface area contributed by atoms with E-state index in [1.807, 2.05) is 12.1 Å². The molecular formula is C15H19FN2. The molecule has 1 aromatic rings. The van der Waals surface area contributed by atoms with Crippen molar-refractivity contribution in [3.63, 3.8) is 0 Å². The number of hydrogen-bond acceptors (Lipinski definition) is 2. The fraction of sp³-hybridized carbons (Fsp3) is 0.533. The van der Waals surface area contributed by atoms with Crippen molar-refractivity contribution in [1.82, 2.24) is 4.90 Å². The quantitative estimate of drug-likeness (QED) is 0.818. The van der Waals surface area contributed by atoms with Gasteiger partial charge in [0.05, 0.1) is 5.56 Å². The van der Waals surface area contributed by atoms with E-state index in [2.05, 4.69) is 11.8 Å². The number of halogens is 1. The molecule has 96 valence electrons. The second-order valence-electron chi connectivity index (χ2n) is 4.93. The predicted molar refractivity (Wildman–Crippen MR) is 69.8 cm³/mol. The van der Waals surface area contributed by atoms with E-state index in [9.17, 15) is 4.39 Å². The van der Waals surface area contributed by atoms with Gasteiger partial charge in [-0.15, -0.1) is 0 Å². The van der Waals surface area contributed by atoms with Crippen molar-refractivity contribution in [2.24, 2.45) is 0 Å². The van der Waals surface area contributed by atoms with Crippen LogP contribution in [0.4, 0.5) is 4.39 Å². The molecule has 0 saturated carbocycles. The van der Waals surface area contributed by atoms with Gasteiger partial charge in [-0.05, 0) is 56.4 Å². The van der Waals surface area contributed by atoms with E-state index in [1.165, 1.54) is 12.5 Å². The average Bonchev–Trinajstić information content (AvgIpc) is 2.40. The van der Waals surface area contributed by atoms with Crippen molar-refractivity contribution in [3.8, 4) is 6.07 Å². The lowest BCUT2D eigenvalue weighted by atomic mass is 9.86. The topological polar surface area (TPSA) is 27.0 Å². The van der Waals surface area contributed by atoms with Gasteiger partial charge in [-0.1, -0.05) is 19.1 Å². The fourth-order valence-corrected chi connectivity index (χ4v) is 2.78. The van der Waals surface area contributed by atoms with E-state index in [1.54, 1.807) is 6.07 Å². The van der Waals surface area contributed by atoms with Gasteiger partial charge >= 0.3 is 0 Å². The van der Waals surface area contributed by atoms with Crippen LogP contribution in [-0.4, -0.2) is 24.5 Å². The highest BCUT2D eigenvalue weighted by molar-refractivity contribution is 5.41. The zero-order chi connectivity index (χ0) is 13.0. The monoisotopic (exact) mass is 246 g/mol.